The van der Waals surface area contributed by atoms with Crippen molar-refractivity contribution >= 4 is 0 Å². The van der Waals surface area contributed by atoms with Crippen molar-refractivity contribution in [2.45, 2.75) is 38.1 Å². The summed E-state index contributed by atoms with van der Waals surface area (Å²) in [6.07, 6.45) is 1.75. The van der Waals surface area contributed by atoms with Crippen molar-refractivity contribution < 1.29 is 19.1 Å². The lowest BCUT2D eigenvalue weighted by Crippen LogP contribution is -2.43. The molecule has 0 radical (unpaired) electrons. The van der Waals surface area contributed by atoms with E-state index in [9.17, 15) is 5.11 Å². The third-order valence-electron chi connectivity index (χ3n) is 4.47. The van der Waals surface area contributed by atoms with Gasteiger partial charge in [-0.2, -0.15) is 4.98 Å². The molecule has 1 N–H and O–H groups in total. The maximum absolute atomic E-state index is 10.3. The lowest BCUT2D eigenvalue weighted by Gasteiger charge is -2.33. The monoisotopic (exact) mass is 326 g/mol. The van der Waals surface area contributed by atoms with Gasteiger partial charge < -0.3 is 19.1 Å². The zero-order chi connectivity index (χ0) is 16.1. The summed E-state index contributed by atoms with van der Waals surface area (Å²) in [4.78, 5) is 8.88. The van der Waals surface area contributed by atoms with Crippen LogP contribution >= 0.6 is 0 Å². The van der Waals surface area contributed by atoms with Gasteiger partial charge in [0.05, 0.1) is 12.6 Å². The SMILES string of the molecule is COCc1noc(CN2CCN(C3CCOCC3)C[C@@H](O)C2)n1. The van der Waals surface area contributed by atoms with E-state index in [0.29, 0.717) is 37.5 Å². The van der Waals surface area contributed by atoms with Gasteiger partial charge in [-0.1, -0.05) is 5.16 Å². The molecule has 1 aromatic rings. The second-order valence-corrected chi connectivity index (χ2v) is 6.26. The van der Waals surface area contributed by atoms with E-state index in [1.54, 1.807) is 7.11 Å². The summed E-state index contributed by atoms with van der Waals surface area (Å²) in [6.45, 7) is 5.74. The number of β-amino-alcohol motifs (C(OH)–C–C–N with tert-alkyl or cyclic N) is 1. The van der Waals surface area contributed by atoms with E-state index in [2.05, 4.69) is 19.9 Å². The average Bonchev–Trinajstić information content (AvgIpc) is 2.90. The number of aliphatic hydroxyl groups is 1. The van der Waals surface area contributed by atoms with Crippen LogP contribution in [-0.4, -0.2) is 83.7 Å². The zero-order valence-corrected chi connectivity index (χ0v) is 13.7. The Morgan fingerprint density at radius 1 is 1.26 bits per heavy atom. The number of aliphatic hydroxyl groups excluding tert-OH is 1. The molecule has 0 spiro atoms. The van der Waals surface area contributed by atoms with Gasteiger partial charge in [0.25, 0.3) is 0 Å². The molecule has 1 atom stereocenters. The number of hydrogen-bond donors (Lipinski definition) is 1. The average molecular weight is 326 g/mol. The number of hydrogen-bond acceptors (Lipinski definition) is 8. The van der Waals surface area contributed by atoms with E-state index in [-0.39, 0.29) is 6.10 Å². The number of aromatic nitrogens is 2. The largest absolute Gasteiger partial charge is 0.390 e. The van der Waals surface area contributed by atoms with Crippen molar-refractivity contribution in [3.8, 4) is 0 Å². The second kappa shape index (κ2) is 8.16. The summed E-state index contributed by atoms with van der Waals surface area (Å²) in [6, 6.07) is 0.523. The quantitative estimate of drug-likeness (QED) is 0.801. The van der Waals surface area contributed by atoms with Crippen molar-refractivity contribution in [1.29, 1.82) is 0 Å². The minimum absolute atomic E-state index is 0.351. The molecule has 3 heterocycles. The van der Waals surface area contributed by atoms with E-state index in [4.69, 9.17) is 14.0 Å². The van der Waals surface area contributed by atoms with Crippen molar-refractivity contribution in [2.75, 3.05) is 46.5 Å². The molecule has 2 aliphatic rings. The fourth-order valence-corrected chi connectivity index (χ4v) is 3.34. The fraction of sp³-hybridized carbons (Fsp3) is 0.867. The summed E-state index contributed by atoms with van der Waals surface area (Å²) in [5.41, 5.74) is 0. The van der Waals surface area contributed by atoms with Gasteiger partial charge in [0.1, 0.15) is 6.61 Å². The Bertz CT molecular complexity index is 478. The summed E-state index contributed by atoms with van der Waals surface area (Å²) in [7, 11) is 1.60. The van der Waals surface area contributed by atoms with Gasteiger partial charge in [0.15, 0.2) is 5.82 Å². The maximum Gasteiger partial charge on any atom is 0.240 e. The molecule has 2 saturated heterocycles. The van der Waals surface area contributed by atoms with E-state index in [1.807, 2.05) is 0 Å². The van der Waals surface area contributed by atoms with Gasteiger partial charge in [0.2, 0.25) is 5.89 Å². The Kier molecular flexibility index (Phi) is 5.96. The maximum atomic E-state index is 10.3. The van der Waals surface area contributed by atoms with Crippen molar-refractivity contribution in [2.24, 2.45) is 0 Å². The summed E-state index contributed by atoms with van der Waals surface area (Å²) < 4.78 is 15.7. The third-order valence-corrected chi connectivity index (χ3v) is 4.47. The minimum Gasteiger partial charge on any atom is -0.390 e. The predicted molar refractivity (Wildman–Crippen MR) is 81.7 cm³/mol. The Hall–Kier alpha value is -1.06. The highest BCUT2D eigenvalue weighted by Crippen LogP contribution is 2.17. The first-order valence-corrected chi connectivity index (χ1v) is 8.27. The highest BCUT2D eigenvalue weighted by atomic mass is 16.5. The first kappa shape index (κ1) is 16.8. The molecule has 23 heavy (non-hydrogen) atoms. The van der Waals surface area contributed by atoms with E-state index < -0.39 is 0 Å². The molecule has 8 heteroatoms. The standard InChI is InChI=1S/C15H26N4O4/c1-21-11-14-16-15(23-17-14)10-18-4-5-19(9-13(20)8-18)12-2-6-22-7-3-12/h12-13,20H,2-11H2,1H3/t13-/m0/s1. The van der Waals surface area contributed by atoms with Gasteiger partial charge in [-0.3, -0.25) is 9.80 Å². The second-order valence-electron chi connectivity index (χ2n) is 6.26. The van der Waals surface area contributed by atoms with Gasteiger partial charge in [-0.05, 0) is 12.8 Å². The van der Waals surface area contributed by atoms with Crippen LogP contribution in [0.4, 0.5) is 0 Å². The number of ether oxygens (including phenoxy) is 2. The topological polar surface area (TPSA) is 84.1 Å². The number of nitrogens with zero attached hydrogens (tertiary/aromatic N) is 4. The van der Waals surface area contributed by atoms with Crippen LogP contribution in [0.5, 0.6) is 0 Å². The molecule has 8 nitrogen and oxygen atoms in total. The first-order chi connectivity index (χ1) is 11.2. The van der Waals surface area contributed by atoms with Crippen LogP contribution in [0.25, 0.3) is 0 Å². The Labute approximate surface area is 136 Å². The van der Waals surface area contributed by atoms with Crippen molar-refractivity contribution in [3.63, 3.8) is 0 Å². The number of methoxy groups -OCH3 is 1. The molecule has 0 amide bonds. The fourth-order valence-electron chi connectivity index (χ4n) is 3.34. The van der Waals surface area contributed by atoms with Crippen LogP contribution in [0, 0.1) is 0 Å². The van der Waals surface area contributed by atoms with E-state index in [0.717, 1.165) is 45.7 Å². The molecular weight excluding hydrogens is 300 g/mol. The van der Waals surface area contributed by atoms with Crippen LogP contribution < -0.4 is 0 Å². The summed E-state index contributed by atoms with van der Waals surface area (Å²) in [5.74, 6) is 1.13. The van der Waals surface area contributed by atoms with E-state index in [1.165, 1.54) is 0 Å². The smallest absolute Gasteiger partial charge is 0.240 e. The first-order valence-electron chi connectivity index (χ1n) is 8.27. The molecule has 0 aliphatic carbocycles. The third kappa shape index (κ3) is 4.71. The lowest BCUT2D eigenvalue weighted by molar-refractivity contribution is 0.0217. The zero-order valence-electron chi connectivity index (χ0n) is 13.7. The molecule has 1 aromatic heterocycles. The van der Waals surface area contributed by atoms with Gasteiger partial charge in [-0.25, -0.2) is 0 Å². The van der Waals surface area contributed by atoms with Crippen LogP contribution in [0.2, 0.25) is 0 Å². The van der Waals surface area contributed by atoms with Crippen LogP contribution in [0.1, 0.15) is 24.6 Å². The molecule has 0 unspecified atom stereocenters. The molecular formula is C15H26N4O4. The normalized spacial score (nSPS) is 25.6. The molecule has 2 fully saturated rings. The number of rotatable bonds is 5. The molecule has 3 rings (SSSR count). The Balaban J connectivity index is 1.54. The summed E-state index contributed by atoms with van der Waals surface area (Å²) >= 11 is 0. The predicted octanol–water partition coefficient (Wildman–Crippen LogP) is -0.126. The molecule has 0 saturated carbocycles. The highest BCUT2D eigenvalue weighted by molar-refractivity contribution is 4.87. The van der Waals surface area contributed by atoms with Crippen LogP contribution in [0.3, 0.4) is 0 Å². The van der Waals surface area contributed by atoms with Crippen LogP contribution in [-0.2, 0) is 22.6 Å². The Morgan fingerprint density at radius 3 is 2.87 bits per heavy atom. The molecule has 2 aliphatic heterocycles. The lowest BCUT2D eigenvalue weighted by atomic mass is 10.1. The minimum atomic E-state index is -0.360. The van der Waals surface area contributed by atoms with Gasteiger partial charge in [-0.15, -0.1) is 0 Å². The van der Waals surface area contributed by atoms with Gasteiger partial charge in [0, 0.05) is 52.5 Å². The Morgan fingerprint density at radius 2 is 2.09 bits per heavy atom. The molecule has 0 bridgehead atoms. The molecule has 130 valence electrons. The van der Waals surface area contributed by atoms with Crippen LogP contribution in [0.15, 0.2) is 4.52 Å². The molecule has 0 aromatic carbocycles. The highest BCUT2D eigenvalue weighted by Gasteiger charge is 2.28. The van der Waals surface area contributed by atoms with Crippen molar-refractivity contribution in [3.05, 3.63) is 11.7 Å². The van der Waals surface area contributed by atoms with Crippen molar-refractivity contribution in [1.82, 2.24) is 19.9 Å². The van der Waals surface area contributed by atoms with Gasteiger partial charge >= 0.3 is 0 Å². The summed E-state index contributed by atoms with van der Waals surface area (Å²) in [5, 5.41) is 14.2. The van der Waals surface area contributed by atoms with E-state index >= 15 is 0 Å².